The summed E-state index contributed by atoms with van der Waals surface area (Å²) in [7, 11) is -0.709. The van der Waals surface area contributed by atoms with E-state index in [1.807, 2.05) is 19.9 Å². The van der Waals surface area contributed by atoms with Crippen LogP contribution in [-0.4, -0.2) is 52.4 Å². The van der Waals surface area contributed by atoms with Crippen molar-refractivity contribution in [2.24, 2.45) is 0 Å². The van der Waals surface area contributed by atoms with Gasteiger partial charge in [-0.2, -0.15) is 0 Å². The summed E-state index contributed by atoms with van der Waals surface area (Å²) < 4.78 is 39.7. The van der Waals surface area contributed by atoms with E-state index < -0.39 is 20.8 Å². The number of sulfone groups is 1. The number of hydrogen-bond acceptors (Lipinski definition) is 9. The molecule has 0 spiro atoms. The smallest absolute Gasteiger partial charge is 0.170 e. The highest BCUT2D eigenvalue weighted by Gasteiger charge is 2.30. The Bertz CT molecular complexity index is 1430. The van der Waals surface area contributed by atoms with Crippen LogP contribution in [0.25, 0.3) is 17.1 Å². The van der Waals surface area contributed by atoms with Gasteiger partial charge in [-0.05, 0) is 50.1 Å². The fourth-order valence-electron chi connectivity index (χ4n) is 3.64. The first kappa shape index (κ1) is 24.3. The fraction of sp³-hybridized carbons (Fsp3) is 0.292. The zero-order chi connectivity index (χ0) is 25.2. The van der Waals surface area contributed by atoms with Gasteiger partial charge in [0.2, 0.25) is 0 Å². The molecule has 35 heavy (non-hydrogen) atoms. The third kappa shape index (κ3) is 4.85. The lowest BCUT2D eigenvalue weighted by Gasteiger charge is -2.18. The van der Waals surface area contributed by atoms with Crippen molar-refractivity contribution in [3.05, 3.63) is 71.8 Å². The molecule has 0 aliphatic heterocycles. The highest BCUT2D eigenvalue weighted by Crippen LogP contribution is 2.37. The molecule has 0 bridgehead atoms. The van der Waals surface area contributed by atoms with Gasteiger partial charge in [0.25, 0.3) is 0 Å². The zero-order valence-corrected chi connectivity index (χ0v) is 20.9. The van der Waals surface area contributed by atoms with Crippen LogP contribution in [0.1, 0.15) is 34.9 Å². The molecule has 3 heterocycles. The molecule has 0 fully saturated rings. The van der Waals surface area contributed by atoms with Gasteiger partial charge >= 0.3 is 0 Å². The maximum absolute atomic E-state index is 13.4. The Labute approximate surface area is 203 Å². The summed E-state index contributed by atoms with van der Waals surface area (Å²) in [4.78, 5) is 12.7. The second kappa shape index (κ2) is 9.79. The van der Waals surface area contributed by atoms with Crippen LogP contribution in [0, 0.1) is 13.8 Å². The Morgan fingerprint density at radius 3 is 2.20 bits per heavy atom. The molecule has 1 aromatic carbocycles. The van der Waals surface area contributed by atoms with E-state index in [9.17, 15) is 8.42 Å². The molecule has 4 rings (SSSR count). The van der Waals surface area contributed by atoms with Gasteiger partial charge in [-0.15, -0.1) is 10.2 Å². The van der Waals surface area contributed by atoms with Gasteiger partial charge in [0.15, 0.2) is 21.5 Å². The van der Waals surface area contributed by atoms with E-state index in [1.165, 1.54) is 14.2 Å². The van der Waals surface area contributed by atoms with Crippen LogP contribution in [0.4, 0.5) is 0 Å². The Hall–Kier alpha value is -3.86. The number of pyridine rings is 1. The van der Waals surface area contributed by atoms with E-state index in [0.29, 0.717) is 28.6 Å². The molecule has 0 saturated heterocycles. The lowest BCUT2D eigenvalue weighted by molar-refractivity contribution is 0.391. The topological polar surface area (TPSA) is 122 Å². The first-order chi connectivity index (χ1) is 16.7. The molecular formula is C24H26N6O4S. The highest BCUT2D eigenvalue weighted by atomic mass is 32.2. The maximum Gasteiger partial charge on any atom is 0.170 e. The predicted octanol–water partition coefficient (Wildman–Crippen LogP) is 3.43. The molecular weight excluding hydrogens is 468 g/mol. The van der Waals surface area contributed by atoms with E-state index in [4.69, 9.17) is 9.47 Å². The van der Waals surface area contributed by atoms with Crippen molar-refractivity contribution in [1.82, 2.24) is 29.7 Å². The van der Waals surface area contributed by atoms with Crippen molar-refractivity contribution < 1.29 is 17.9 Å². The first-order valence-electron chi connectivity index (χ1n) is 10.8. The van der Waals surface area contributed by atoms with Gasteiger partial charge in [-0.25, -0.2) is 18.4 Å². The Balaban J connectivity index is 1.89. The van der Waals surface area contributed by atoms with Gasteiger partial charge < -0.3 is 9.47 Å². The third-order valence-corrected chi connectivity index (χ3v) is 7.47. The van der Waals surface area contributed by atoms with E-state index in [1.54, 1.807) is 54.5 Å². The Morgan fingerprint density at radius 2 is 1.60 bits per heavy atom. The van der Waals surface area contributed by atoms with Crippen LogP contribution in [0.5, 0.6) is 11.5 Å². The lowest BCUT2D eigenvalue weighted by atomic mass is 10.2. The summed E-state index contributed by atoms with van der Waals surface area (Å²) in [5, 5.41) is 7.68. The molecule has 0 unspecified atom stereocenters. The molecule has 182 valence electrons. The van der Waals surface area contributed by atoms with Crippen LogP contribution >= 0.6 is 0 Å². The van der Waals surface area contributed by atoms with Crippen LogP contribution in [0.2, 0.25) is 0 Å². The van der Waals surface area contributed by atoms with Crippen LogP contribution < -0.4 is 9.47 Å². The molecule has 0 N–H and O–H groups in total. The quantitative estimate of drug-likeness (QED) is 0.362. The zero-order valence-electron chi connectivity index (χ0n) is 20.1. The van der Waals surface area contributed by atoms with E-state index >= 15 is 0 Å². The number of aromatic nitrogens is 6. The summed E-state index contributed by atoms with van der Waals surface area (Å²) in [5.74, 6) is 1.37. The number of hydrogen-bond donors (Lipinski definition) is 0. The first-order valence-corrected chi connectivity index (χ1v) is 12.5. The number of para-hydroxylation sites is 1. The van der Waals surface area contributed by atoms with Crippen molar-refractivity contribution >= 4 is 9.84 Å². The van der Waals surface area contributed by atoms with Crippen molar-refractivity contribution in [2.45, 2.75) is 31.8 Å². The number of aryl methyl sites for hydroxylation is 2. The summed E-state index contributed by atoms with van der Waals surface area (Å²) in [6.45, 7) is 5.32. The number of rotatable bonds is 8. The third-order valence-electron chi connectivity index (χ3n) is 5.52. The molecule has 3 aromatic heterocycles. The summed E-state index contributed by atoms with van der Waals surface area (Å²) in [6.07, 6.45) is 6.57. The summed E-state index contributed by atoms with van der Waals surface area (Å²) >= 11 is 0. The van der Waals surface area contributed by atoms with Crippen LogP contribution in [0.3, 0.4) is 0 Å². The minimum Gasteiger partial charge on any atom is -0.494 e. The van der Waals surface area contributed by atoms with Crippen molar-refractivity contribution in [3.8, 4) is 28.6 Å². The summed E-state index contributed by atoms with van der Waals surface area (Å²) in [6, 6.07) is 7.21. The average molecular weight is 495 g/mol. The number of methoxy groups -OCH3 is 2. The Morgan fingerprint density at radius 1 is 0.943 bits per heavy atom. The van der Waals surface area contributed by atoms with Crippen LogP contribution in [0.15, 0.2) is 49.1 Å². The van der Waals surface area contributed by atoms with E-state index in [-0.39, 0.29) is 11.6 Å². The van der Waals surface area contributed by atoms with Gasteiger partial charge in [-0.3, -0.25) is 9.55 Å². The van der Waals surface area contributed by atoms with Gasteiger partial charge in [-0.1, -0.05) is 6.07 Å². The number of benzene rings is 1. The molecule has 10 nitrogen and oxygen atoms in total. The maximum atomic E-state index is 13.4. The minimum absolute atomic E-state index is 0.197. The van der Waals surface area contributed by atoms with Crippen molar-refractivity contribution in [1.29, 1.82) is 0 Å². The fourth-order valence-corrected chi connectivity index (χ4v) is 4.88. The van der Waals surface area contributed by atoms with Gasteiger partial charge in [0.1, 0.15) is 34.0 Å². The minimum atomic E-state index is -3.77. The van der Waals surface area contributed by atoms with E-state index in [0.717, 1.165) is 11.1 Å². The molecule has 1 atom stereocenters. The molecule has 4 aromatic rings. The lowest BCUT2D eigenvalue weighted by Crippen LogP contribution is -2.18. The average Bonchev–Trinajstić information content (AvgIpc) is 3.25. The number of ether oxygens (including phenoxy) is 2. The molecule has 0 saturated carbocycles. The highest BCUT2D eigenvalue weighted by molar-refractivity contribution is 7.90. The Kier molecular flexibility index (Phi) is 6.79. The van der Waals surface area contributed by atoms with Crippen molar-refractivity contribution in [3.63, 3.8) is 0 Å². The molecule has 0 aliphatic carbocycles. The molecule has 11 heteroatoms. The second-order valence-electron chi connectivity index (χ2n) is 8.11. The van der Waals surface area contributed by atoms with E-state index in [2.05, 4.69) is 25.1 Å². The largest absolute Gasteiger partial charge is 0.494 e. The van der Waals surface area contributed by atoms with Gasteiger partial charge in [0.05, 0.1) is 14.2 Å². The SMILES string of the molecule is COc1cccc(OC)c1-n1c(CS(=O)(=O)[C@H](C)c2ncc(C)cn2)nnc1-c1cncc(C)c1. The second-order valence-corrected chi connectivity index (χ2v) is 10.4. The van der Waals surface area contributed by atoms with Crippen molar-refractivity contribution in [2.75, 3.05) is 14.2 Å². The summed E-state index contributed by atoms with van der Waals surface area (Å²) in [5.41, 5.74) is 2.92. The number of nitrogens with zero attached hydrogens (tertiary/aromatic N) is 6. The monoisotopic (exact) mass is 494 g/mol. The standard InChI is InChI=1S/C24H26N6O4S/c1-15-9-18(13-25-10-15)24-29-28-21(30(24)22-19(33-4)7-6-8-20(22)34-5)14-35(31,32)17(3)23-26-11-16(2)12-27-23/h6-13,17H,14H2,1-5H3/t17-/m1/s1. The predicted molar refractivity (Wildman–Crippen MR) is 130 cm³/mol. The molecule has 0 aliphatic rings. The van der Waals surface area contributed by atoms with Crippen LogP contribution in [-0.2, 0) is 15.6 Å². The van der Waals surface area contributed by atoms with Gasteiger partial charge in [0, 0.05) is 30.4 Å². The normalized spacial score (nSPS) is 12.4. The molecule has 0 radical (unpaired) electrons. The molecule has 0 amide bonds.